The molecule has 1 saturated carbocycles. The van der Waals surface area contributed by atoms with Gasteiger partial charge >= 0.3 is 0 Å². The second-order valence-electron chi connectivity index (χ2n) is 9.13. The number of pyridine rings is 1. The molecular formula is C27H34N2. The van der Waals surface area contributed by atoms with Crippen LogP contribution in [0, 0.1) is 12.8 Å². The SMILES string of the molecule is CCCC(N)(CCc1cccc(-c2ccc3c(C)nccc3c2)c1)CCC1CC1. The van der Waals surface area contributed by atoms with Crippen LogP contribution >= 0.6 is 0 Å². The number of fused-ring (bicyclic) bond motifs is 1. The smallest absolute Gasteiger partial charge is 0.0450 e. The Morgan fingerprint density at radius 1 is 1.00 bits per heavy atom. The first kappa shape index (κ1) is 20.1. The fourth-order valence-electron chi connectivity index (χ4n) is 4.58. The Labute approximate surface area is 175 Å². The van der Waals surface area contributed by atoms with Crippen molar-refractivity contribution in [1.29, 1.82) is 0 Å². The van der Waals surface area contributed by atoms with Gasteiger partial charge in [0.15, 0.2) is 0 Å². The number of benzene rings is 2. The highest BCUT2D eigenvalue weighted by Gasteiger charge is 2.28. The van der Waals surface area contributed by atoms with E-state index in [1.165, 1.54) is 59.6 Å². The lowest BCUT2D eigenvalue weighted by Gasteiger charge is -2.29. The number of hydrogen-bond donors (Lipinski definition) is 1. The molecule has 0 radical (unpaired) electrons. The van der Waals surface area contributed by atoms with E-state index in [1.54, 1.807) is 0 Å². The highest BCUT2D eigenvalue weighted by atomic mass is 14.7. The lowest BCUT2D eigenvalue weighted by Crippen LogP contribution is -2.40. The maximum absolute atomic E-state index is 6.85. The molecule has 1 unspecified atom stereocenters. The predicted octanol–water partition coefficient (Wildman–Crippen LogP) is 6.83. The van der Waals surface area contributed by atoms with Crippen LogP contribution in [0.1, 0.15) is 63.1 Å². The third kappa shape index (κ3) is 5.05. The van der Waals surface area contributed by atoms with E-state index in [9.17, 15) is 0 Å². The van der Waals surface area contributed by atoms with Crippen LogP contribution in [0.4, 0.5) is 0 Å². The van der Waals surface area contributed by atoms with Crippen molar-refractivity contribution >= 4 is 10.8 Å². The zero-order valence-corrected chi connectivity index (χ0v) is 18.0. The summed E-state index contributed by atoms with van der Waals surface area (Å²) in [5, 5.41) is 2.49. The van der Waals surface area contributed by atoms with Gasteiger partial charge < -0.3 is 5.73 Å². The fraction of sp³-hybridized carbons (Fsp3) is 0.444. The standard InChI is InChI=1S/C27H34N2/c1-3-14-27(28,15-11-21-7-8-21)16-12-22-5-4-6-23(18-22)24-9-10-26-20(2)29-17-13-25(26)19-24/h4-6,9-10,13,17-19,21H,3,7-8,11-12,14-16,28H2,1-2H3. The first-order chi connectivity index (χ1) is 14.1. The van der Waals surface area contributed by atoms with Crippen LogP contribution in [0.15, 0.2) is 54.7 Å². The predicted molar refractivity (Wildman–Crippen MR) is 124 cm³/mol. The molecule has 1 aliphatic carbocycles. The minimum Gasteiger partial charge on any atom is -0.325 e. The van der Waals surface area contributed by atoms with Gasteiger partial charge in [-0.05, 0) is 79.2 Å². The first-order valence-electron chi connectivity index (χ1n) is 11.3. The summed E-state index contributed by atoms with van der Waals surface area (Å²) in [5.74, 6) is 0.963. The van der Waals surface area contributed by atoms with E-state index in [2.05, 4.69) is 67.4 Å². The first-order valence-corrected chi connectivity index (χ1v) is 11.3. The molecule has 0 spiro atoms. The highest BCUT2D eigenvalue weighted by Crippen LogP contribution is 2.37. The van der Waals surface area contributed by atoms with Gasteiger partial charge in [-0.25, -0.2) is 0 Å². The van der Waals surface area contributed by atoms with E-state index in [1.807, 2.05) is 6.20 Å². The van der Waals surface area contributed by atoms with Gasteiger partial charge in [0.25, 0.3) is 0 Å². The van der Waals surface area contributed by atoms with Crippen molar-refractivity contribution in [3.05, 3.63) is 66.0 Å². The Hall–Kier alpha value is -2.19. The van der Waals surface area contributed by atoms with Crippen molar-refractivity contribution in [2.75, 3.05) is 0 Å². The molecule has 1 aromatic heterocycles. The third-order valence-electron chi connectivity index (χ3n) is 6.63. The molecule has 2 nitrogen and oxygen atoms in total. The molecule has 1 aliphatic rings. The summed E-state index contributed by atoms with van der Waals surface area (Å²) in [6.07, 6.45) is 11.7. The summed E-state index contributed by atoms with van der Waals surface area (Å²) < 4.78 is 0. The van der Waals surface area contributed by atoms with Crippen LogP contribution in [0.5, 0.6) is 0 Å². The molecule has 2 aromatic carbocycles. The van der Waals surface area contributed by atoms with Crippen molar-refractivity contribution in [3.63, 3.8) is 0 Å². The van der Waals surface area contributed by atoms with Crippen molar-refractivity contribution < 1.29 is 0 Å². The van der Waals surface area contributed by atoms with Crippen molar-refractivity contribution in [2.45, 2.75) is 70.8 Å². The Morgan fingerprint density at radius 2 is 1.83 bits per heavy atom. The molecule has 29 heavy (non-hydrogen) atoms. The molecule has 152 valence electrons. The zero-order valence-electron chi connectivity index (χ0n) is 18.0. The Bertz CT molecular complexity index is 973. The molecule has 1 fully saturated rings. The second-order valence-corrected chi connectivity index (χ2v) is 9.13. The van der Waals surface area contributed by atoms with E-state index >= 15 is 0 Å². The van der Waals surface area contributed by atoms with Crippen LogP contribution in [0.3, 0.4) is 0 Å². The van der Waals surface area contributed by atoms with E-state index in [0.29, 0.717) is 0 Å². The van der Waals surface area contributed by atoms with Gasteiger partial charge in [0.2, 0.25) is 0 Å². The maximum Gasteiger partial charge on any atom is 0.0450 e. The monoisotopic (exact) mass is 386 g/mol. The summed E-state index contributed by atoms with van der Waals surface area (Å²) in [4.78, 5) is 4.40. The van der Waals surface area contributed by atoms with E-state index < -0.39 is 0 Å². The molecule has 2 N–H and O–H groups in total. The van der Waals surface area contributed by atoms with Gasteiger partial charge in [0.1, 0.15) is 0 Å². The number of hydrogen-bond acceptors (Lipinski definition) is 2. The van der Waals surface area contributed by atoms with Crippen LogP contribution in [-0.4, -0.2) is 10.5 Å². The number of nitrogens with zero attached hydrogens (tertiary/aromatic N) is 1. The van der Waals surface area contributed by atoms with Crippen LogP contribution in [0.2, 0.25) is 0 Å². The van der Waals surface area contributed by atoms with E-state index in [0.717, 1.165) is 30.9 Å². The molecule has 3 aromatic rings. The van der Waals surface area contributed by atoms with Gasteiger partial charge in [-0.15, -0.1) is 0 Å². The average molecular weight is 387 g/mol. The lowest BCUT2D eigenvalue weighted by molar-refractivity contribution is 0.321. The molecular weight excluding hydrogens is 352 g/mol. The molecule has 0 bridgehead atoms. The Morgan fingerprint density at radius 3 is 2.62 bits per heavy atom. The normalized spacial score (nSPS) is 16.1. The number of aryl methyl sites for hydroxylation is 2. The third-order valence-corrected chi connectivity index (χ3v) is 6.63. The van der Waals surface area contributed by atoms with E-state index in [4.69, 9.17) is 5.73 Å². The quantitative estimate of drug-likeness (QED) is 0.438. The highest BCUT2D eigenvalue weighted by molar-refractivity contribution is 5.88. The molecule has 1 heterocycles. The number of rotatable bonds is 9. The van der Waals surface area contributed by atoms with Crippen LogP contribution < -0.4 is 5.73 Å². The summed E-state index contributed by atoms with van der Waals surface area (Å²) in [6.45, 7) is 4.33. The largest absolute Gasteiger partial charge is 0.325 e. The Kier molecular flexibility index (Phi) is 6.01. The Balaban J connectivity index is 1.49. The summed E-state index contributed by atoms with van der Waals surface area (Å²) in [6, 6.07) is 17.8. The lowest BCUT2D eigenvalue weighted by atomic mass is 9.83. The van der Waals surface area contributed by atoms with Gasteiger partial charge in [0, 0.05) is 22.8 Å². The summed E-state index contributed by atoms with van der Waals surface area (Å²) in [7, 11) is 0. The fourth-order valence-corrected chi connectivity index (χ4v) is 4.58. The van der Waals surface area contributed by atoms with Crippen molar-refractivity contribution in [3.8, 4) is 11.1 Å². The molecule has 0 aliphatic heterocycles. The molecule has 4 rings (SSSR count). The number of nitrogens with two attached hydrogens (primary N) is 1. The number of aromatic nitrogens is 1. The van der Waals surface area contributed by atoms with E-state index in [-0.39, 0.29) is 5.54 Å². The molecule has 1 atom stereocenters. The summed E-state index contributed by atoms with van der Waals surface area (Å²) >= 11 is 0. The minimum atomic E-state index is 0.000814. The van der Waals surface area contributed by atoms with Crippen molar-refractivity contribution in [1.82, 2.24) is 4.98 Å². The zero-order chi connectivity index (χ0) is 20.3. The van der Waals surface area contributed by atoms with Crippen LogP contribution in [-0.2, 0) is 6.42 Å². The average Bonchev–Trinajstić information content (AvgIpc) is 3.56. The minimum absolute atomic E-state index is 0.000814. The molecule has 2 heteroatoms. The topological polar surface area (TPSA) is 38.9 Å². The van der Waals surface area contributed by atoms with Gasteiger partial charge in [-0.1, -0.05) is 62.6 Å². The second kappa shape index (κ2) is 8.67. The van der Waals surface area contributed by atoms with Crippen LogP contribution in [0.25, 0.3) is 21.9 Å². The van der Waals surface area contributed by atoms with Crippen molar-refractivity contribution in [2.24, 2.45) is 11.7 Å². The van der Waals surface area contributed by atoms with Gasteiger partial charge in [0.05, 0.1) is 0 Å². The van der Waals surface area contributed by atoms with Gasteiger partial charge in [-0.3, -0.25) is 4.98 Å². The molecule has 0 saturated heterocycles. The maximum atomic E-state index is 6.85. The summed E-state index contributed by atoms with van der Waals surface area (Å²) in [5.41, 5.74) is 11.9. The molecule has 0 amide bonds. The van der Waals surface area contributed by atoms with Gasteiger partial charge in [-0.2, -0.15) is 0 Å².